The predicted molar refractivity (Wildman–Crippen MR) is 110 cm³/mol. The van der Waals surface area contributed by atoms with Crippen LogP contribution in [0.25, 0.3) is 16.2 Å². The molecule has 32 heavy (non-hydrogen) atoms. The maximum atomic E-state index is 12.9. The number of rotatable bonds is 6. The van der Waals surface area contributed by atoms with Crippen molar-refractivity contribution in [3.05, 3.63) is 76.4 Å². The lowest BCUT2D eigenvalue weighted by Crippen LogP contribution is -2.39. The number of aromatic hydroxyl groups is 1. The zero-order chi connectivity index (χ0) is 23.5. The molecule has 1 heterocycles. The van der Waals surface area contributed by atoms with Crippen LogP contribution >= 0.6 is 0 Å². The molecule has 7 nitrogen and oxygen atoms in total. The molecule has 0 spiro atoms. The smallest absolute Gasteiger partial charge is 0.435 e. The first-order valence-electron chi connectivity index (χ1n) is 9.47. The number of amides is 1. The first-order chi connectivity index (χ1) is 15.1. The third-order valence-electron chi connectivity index (χ3n) is 4.78. The van der Waals surface area contributed by atoms with Gasteiger partial charge in [-0.05, 0) is 37.1 Å². The number of benzene rings is 2. The summed E-state index contributed by atoms with van der Waals surface area (Å²) >= 11 is 0. The summed E-state index contributed by atoms with van der Waals surface area (Å²) in [5.74, 6) is -0.655. The van der Waals surface area contributed by atoms with Crippen molar-refractivity contribution in [3.63, 3.8) is 0 Å². The number of nitrogens with zero attached hydrogens (tertiary/aromatic N) is 2. The van der Waals surface area contributed by atoms with E-state index in [1.54, 1.807) is 24.3 Å². The number of hydrogen-bond donors (Lipinski definition) is 4. The second-order valence-corrected chi connectivity index (χ2v) is 7.13. The van der Waals surface area contributed by atoms with Gasteiger partial charge in [-0.1, -0.05) is 24.3 Å². The van der Waals surface area contributed by atoms with Crippen molar-refractivity contribution < 1.29 is 28.2 Å². The molecule has 0 fully saturated rings. The molecule has 166 valence electrons. The van der Waals surface area contributed by atoms with Gasteiger partial charge in [-0.2, -0.15) is 13.2 Å². The number of hydrogen-bond acceptors (Lipinski definition) is 4. The molecule has 0 aliphatic carbocycles. The van der Waals surface area contributed by atoms with Gasteiger partial charge >= 0.3 is 6.18 Å². The van der Waals surface area contributed by atoms with Crippen LogP contribution in [0.15, 0.2) is 42.5 Å². The average Bonchev–Trinajstić information content (AvgIpc) is 3.16. The van der Waals surface area contributed by atoms with E-state index in [1.165, 1.54) is 25.1 Å². The van der Waals surface area contributed by atoms with Gasteiger partial charge in [0.25, 0.3) is 0 Å². The second kappa shape index (κ2) is 9.11. The van der Waals surface area contributed by atoms with E-state index >= 15 is 0 Å². The van der Waals surface area contributed by atoms with Crippen molar-refractivity contribution in [2.75, 3.05) is 6.61 Å². The quantitative estimate of drug-likeness (QED) is 0.432. The summed E-state index contributed by atoms with van der Waals surface area (Å²) in [6.07, 6.45) is -4.28. The zero-order valence-electron chi connectivity index (χ0n) is 16.9. The van der Waals surface area contributed by atoms with Crippen molar-refractivity contribution in [1.29, 1.82) is 0 Å². The number of aliphatic hydroxyl groups excluding tert-OH is 1. The van der Waals surface area contributed by atoms with Gasteiger partial charge in [0, 0.05) is 16.8 Å². The molecule has 0 bridgehead atoms. The maximum absolute atomic E-state index is 12.9. The highest BCUT2D eigenvalue weighted by Gasteiger charge is 2.36. The predicted octanol–water partition coefficient (Wildman–Crippen LogP) is 3.99. The molecule has 4 N–H and O–H groups in total. The molecule has 0 aliphatic heterocycles. The number of nitrogens with one attached hydrogen (secondary N) is 2. The van der Waals surface area contributed by atoms with Gasteiger partial charge in [0.1, 0.15) is 11.6 Å². The molecular formula is C22H19F3N4O3. The molecular weight excluding hydrogens is 425 g/mol. The average molecular weight is 444 g/mol. The summed E-state index contributed by atoms with van der Waals surface area (Å²) in [7, 11) is 0. The molecule has 2 aromatic carbocycles. The lowest BCUT2D eigenvalue weighted by molar-refractivity contribution is -0.141. The highest BCUT2D eigenvalue weighted by atomic mass is 19.4. The number of carbonyl (C=O) groups excluding carboxylic acids is 1. The topological polar surface area (TPSA) is 103 Å². The van der Waals surface area contributed by atoms with Crippen LogP contribution < -0.4 is 5.32 Å². The Bertz CT molecular complexity index is 1160. The van der Waals surface area contributed by atoms with Gasteiger partial charge in [0.15, 0.2) is 5.69 Å². The Morgan fingerprint density at radius 1 is 1.25 bits per heavy atom. The fourth-order valence-electron chi connectivity index (χ4n) is 3.14. The van der Waals surface area contributed by atoms with E-state index in [-0.39, 0.29) is 41.5 Å². The van der Waals surface area contributed by atoms with E-state index in [0.29, 0.717) is 5.56 Å². The molecule has 0 radical (unpaired) electrons. The monoisotopic (exact) mass is 444 g/mol. The van der Waals surface area contributed by atoms with Crippen molar-refractivity contribution in [3.8, 4) is 17.1 Å². The standard InChI is InChI=1S/C22H19F3N4O3/c1-12-19(22(23,24)25)29-20(27-12)14-5-3-13(4-6-14)9-16(11-30)28-21(32)15-7-8-18(31)17(10-15)26-2/h3-8,10,16,30-31H,9,11H2,1H3,(H,27,29)(H,28,32)/t16-/m0/s1. The van der Waals surface area contributed by atoms with Gasteiger partial charge in [0.05, 0.1) is 19.2 Å². The van der Waals surface area contributed by atoms with Crippen LogP contribution in [0.3, 0.4) is 0 Å². The number of phenolic OH excluding ortho intramolecular Hbond substituents is 1. The minimum Gasteiger partial charge on any atom is -0.519 e. The SMILES string of the molecule is [C-]#[N+]c1cc(C(=O)N[C@H](CO)Cc2ccc(-c3nc(C(F)(F)F)c(C)[nH]3)cc2)ccc1O. The Balaban J connectivity index is 1.70. The van der Waals surface area contributed by atoms with Crippen molar-refractivity contribution in [2.45, 2.75) is 25.6 Å². The number of aromatic nitrogens is 2. The summed E-state index contributed by atoms with van der Waals surface area (Å²) < 4.78 is 38.8. The van der Waals surface area contributed by atoms with E-state index in [0.717, 1.165) is 5.56 Å². The Morgan fingerprint density at radius 2 is 1.94 bits per heavy atom. The first-order valence-corrected chi connectivity index (χ1v) is 9.47. The Morgan fingerprint density at radius 3 is 2.50 bits per heavy atom. The molecule has 10 heteroatoms. The molecule has 3 rings (SSSR count). The first kappa shape index (κ1) is 22.8. The van der Waals surface area contributed by atoms with Crippen molar-refractivity contribution in [2.24, 2.45) is 0 Å². The van der Waals surface area contributed by atoms with Gasteiger partial charge in [-0.15, -0.1) is 0 Å². The Labute approximate surface area is 181 Å². The summed E-state index contributed by atoms with van der Waals surface area (Å²) in [5, 5.41) is 21.9. The largest absolute Gasteiger partial charge is 0.519 e. The van der Waals surface area contributed by atoms with E-state index in [2.05, 4.69) is 20.1 Å². The maximum Gasteiger partial charge on any atom is 0.435 e. The van der Waals surface area contributed by atoms with Crippen LogP contribution in [0.2, 0.25) is 0 Å². The molecule has 1 atom stereocenters. The van der Waals surface area contributed by atoms with Gasteiger partial charge < -0.3 is 20.5 Å². The minimum atomic E-state index is -4.54. The zero-order valence-corrected chi connectivity index (χ0v) is 16.9. The van der Waals surface area contributed by atoms with Gasteiger partial charge in [-0.25, -0.2) is 9.83 Å². The minimum absolute atomic E-state index is 0.0596. The van der Waals surface area contributed by atoms with Crippen LogP contribution in [0, 0.1) is 13.5 Å². The fraction of sp³-hybridized carbons (Fsp3) is 0.227. The van der Waals surface area contributed by atoms with E-state index in [9.17, 15) is 28.2 Å². The molecule has 3 aromatic rings. The van der Waals surface area contributed by atoms with Crippen LogP contribution in [0.1, 0.15) is 27.3 Å². The lowest BCUT2D eigenvalue weighted by atomic mass is 10.0. The Hall–Kier alpha value is -3.84. The van der Waals surface area contributed by atoms with Crippen molar-refractivity contribution in [1.82, 2.24) is 15.3 Å². The number of carbonyl (C=O) groups is 1. The van der Waals surface area contributed by atoms with E-state index in [1.807, 2.05) is 0 Å². The molecule has 1 amide bonds. The Kier molecular flexibility index (Phi) is 6.50. The number of halogens is 3. The van der Waals surface area contributed by atoms with Crippen LogP contribution in [-0.2, 0) is 12.6 Å². The van der Waals surface area contributed by atoms with Gasteiger partial charge in [-0.3, -0.25) is 4.79 Å². The normalized spacial score (nSPS) is 12.2. The second-order valence-electron chi connectivity index (χ2n) is 7.13. The third-order valence-corrected chi connectivity index (χ3v) is 4.78. The highest BCUT2D eigenvalue weighted by Crippen LogP contribution is 2.32. The van der Waals surface area contributed by atoms with E-state index in [4.69, 9.17) is 6.57 Å². The molecule has 0 saturated heterocycles. The number of aryl methyl sites for hydroxylation is 1. The van der Waals surface area contributed by atoms with Crippen LogP contribution in [-0.4, -0.2) is 38.7 Å². The van der Waals surface area contributed by atoms with Crippen LogP contribution in [0.4, 0.5) is 18.9 Å². The molecule has 1 aromatic heterocycles. The molecule has 0 unspecified atom stereocenters. The lowest BCUT2D eigenvalue weighted by Gasteiger charge is -2.17. The fourth-order valence-corrected chi connectivity index (χ4v) is 3.14. The number of H-pyrrole nitrogens is 1. The number of imidazole rings is 1. The number of phenols is 1. The molecule has 0 saturated carbocycles. The van der Waals surface area contributed by atoms with E-state index < -0.39 is 23.8 Å². The van der Waals surface area contributed by atoms with Crippen LogP contribution in [0.5, 0.6) is 5.75 Å². The van der Waals surface area contributed by atoms with Crippen molar-refractivity contribution >= 4 is 11.6 Å². The summed E-state index contributed by atoms with van der Waals surface area (Å²) in [6.45, 7) is 7.95. The molecule has 0 aliphatic rings. The number of aliphatic hydroxyl groups is 1. The summed E-state index contributed by atoms with van der Waals surface area (Å²) in [5.41, 5.74) is 0.269. The highest BCUT2D eigenvalue weighted by molar-refractivity contribution is 5.95. The number of aromatic amines is 1. The number of alkyl halides is 3. The summed E-state index contributed by atoms with van der Waals surface area (Å²) in [4.78, 5) is 21.8. The summed E-state index contributed by atoms with van der Waals surface area (Å²) in [6, 6.07) is 9.78. The third kappa shape index (κ3) is 5.07. The van der Waals surface area contributed by atoms with Gasteiger partial charge in [0.2, 0.25) is 11.6 Å².